The molecule has 6 heteroatoms. The van der Waals surface area contributed by atoms with Crippen molar-refractivity contribution in [2.45, 2.75) is 39.0 Å². The molecule has 1 unspecified atom stereocenters. The Morgan fingerprint density at radius 3 is 2.32 bits per heavy atom. The van der Waals surface area contributed by atoms with Gasteiger partial charge in [-0.15, -0.1) is 0 Å². The first-order chi connectivity index (χ1) is 11.9. The van der Waals surface area contributed by atoms with Crippen molar-refractivity contribution in [3.63, 3.8) is 0 Å². The third-order valence-electron chi connectivity index (χ3n) is 5.90. The highest BCUT2D eigenvalue weighted by atomic mass is 32.2. The zero-order valence-corrected chi connectivity index (χ0v) is 16.0. The summed E-state index contributed by atoms with van der Waals surface area (Å²) in [6.07, 6.45) is 2.49. The summed E-state index contributed by atoms with van der Waals surface area (Å²) in [6.45, 7) is 6.33. The summed E-state index contributed by atoms with van der Waals surface area (Å²) in [7, 11) is -3.12. The van der Waals surface area contributed by atoms with Crippen LogP contribution >= 0.6 is 0 Å². The average Bonchev–Trinajstić information content (AvgIpc) is 2.64. The van der Waals surface area contributed by atoms with Crippen LogP contribution in [0, 0.1) is 5.41 Å². The van der Waals surface area contributed by atoms with Gasteiger partial charge in [-0.25, -0.2) is 12.7 Å². The SMILES string of the molecule is CCN1CC2(CCN(S(=O)(=O)CC)CC2)CC(c2ccccc2)C1=O. The maximum absolute atomic E-state index is 12.9. The Bertz CT molecular complexity index is 709. The molecule has 138 valence electrons. The van der Waals surface area contributed by atoms with E-state index in [1.165, 1.54) is 0 Å². The molecule has 1 spiro atoms. The molecule has 1 atom stereocenters. The van der Waals surface area contributed by atoms with Crippen molar-refractivity contribution >= 4 is 15.9 Å². The summed E-state index contributed by atoms with van der Waals surface area (Å²) in [5, 5.41) is 0. The molecule has 2 aliphatic rings. The number of hydrogen-bond donors (Lipinski definition) is 0. The summed E-state index contributed by atoms with van der Waals surface area (Å²) in [5.74, 6) is 0.263. The van der Waals surface area contributed by atoms with Gasteiger partial charge in [0, 0.05) is 26.2 Å². The third kappa shape index (κ3) is 3.60. The van der Waals surface area contributed by atoms with Gasteiger partial charge in [-0.05, 0) is 44.1 Å². The van der Waals surface area contributed by atoms with Crippen LogP contribution in [0.2, 0.25) is 0 Å². The molecule has 1 aromatic rings. The van der Waals surface area contributed by atoms with Gasteiger partial charge in [0.1, 0.15) is 0 Å². The van der Waals surface area contributed by atoms with Gasteiger partial charge in [0.05, 0.1) is 11.7 Å². The Kier molecular flexibility index (Phi) is 5.21. The van der Waals surface area contributed by atoms with Crippen molar-refractivity contribution in [1.82, 2.24) is 9.21 Å². The minimum Gasteiger partial charge on any atom is -0.342 e. The minimum absolute atomic E-state index is 0.0319. The molecular weight excluding hydrogens is 336 g/mol. The fourth-order valence-corrected chi connectivity index (χ4v) is 5.39. The molecule has 0 aliphatic carbocycles. The van der Waals surface area contributed by atoms with E-state index in [9.17, 15) is 13.2 Å². The Morgan fingerprint density at radius 1 is 1.12 bits per heavy atom. The van der Waals surface area contributed by atoms with Crippen LogP contribution in [0.4, 0.5) is 0 Å². The quantitative estimate of drug-likeness (QED) is 0.825. The van der Waals surface area contributed by atoms with Crippen LogP contribution in [0.5, 0.6) is 0 Å². The van der Waals surface area contributed by atoms with Gasteiger partial charge in [-0.1, -0.05) is 30.3 Å². The Morgan fingerprint density at radius 2 is 1.76 bits per heavy atom. The highest BCUT2D eigenvalue weighted by Crippen LogP contribution is 2.45. The molecule has 2 saturated heterocycles. The smallest absolute Gasteiger partial charge is 0.230 e. The van der Waals surface area contributed by atoms with Crippen LogP contribution in [0.15, 0.2) is 30.3 Å². The molecule has 2 fully saturated rings. The number of piperidine rings is 2. The topological polar surface area (TPSA) is 57.7 Å². The van der Waals surface area contributed by atoms with Crippen molar-refractivity contribution in [2.75, 3.05) is 31.9 Å². The van der Waals surface area contributed by atoms with Gasteiger partial charge in [-0.3, -0.25) is 4.79 Å². The molecule has 2 heterocycles. The lowest BCUT2D eigenvalue weighted by molar-refractivity contribution is -0.141. The number of amides is 1. The first-order valence-electron chi connectivity index (χ1n) is 9.22. The number of sulfonamides is 1. The monoisotopic (exact) mass is 364 g/mol. The van der Waals surface area contributed by atoms with Crippen molar-refractivity contribution in [3.8, 4) is 0 Å². The summed E-state index contributed by atoms with van der Waals surface area (Å²) >= 11 is 0. The summed E-state index contributed by atoms with van der Waals surface area (Å²) in [5.41, 5.74) is 1.11. The minimum atomic E-state index is -3.12. The van der Waals surface area contributed by atoms with E-state index in [1.54, 1.807) is 11.2 Å². The first-order valence-corrected chi connectivity index (χ1v) is 10.8. The highest BCUT2D eigenvalue weighted by molar-refractivity contribution is 7.89. The largest absolute Gasteiger partial charge is 0.342 e. The number of benzene rings is 1. The molecule has 5 nitrogen and oxygen atoms in total. The van der Waals surface area contributed by atoms with Crippen LogP contribution in [-0.2, 0) is 14.8 Å². The van der Waals surface area contributed by atoms with Crippen LogP contribution in [0.3, 0.4) is 0 Å². The number of likely N-dealkylation sites (N-methyl/N-ethyl adjacent to an activating group) is 1. The molecular formula is C19H28N2O3S. The second-order valence-corrected chi connectivity index (χ2v) is 9.58. The normalized spacial score (nSPS) is 24.6. The van der Waals surface area contributed by atoms with E-state index in [4.69, 9.17) is 0 Å². The lowest BCUT2D eigenvalue weighted by Crippen LogP contribution is -2.54. The lowest BCUT2D eigenvalue weighted by atomic mass is 9.68. The zero-order valence-electron chi connectivity index (χ0n) is 15.1. The van der Waals surface area contributed by atoms with E-state index in [2.05, 4.69) is 0 Å². The Hall–Kier alpha value is -1.40. The number of nitrogens with zero attached hydrogens (tertiary/aromatic N) is 2. The van der Waals surface area contributed by atoms with Crippen LogP contribution < -0.4 is 0 Å². The molecule has 1 aromatic carbocycles. The maximum atomic E-state index is 12.9. The van der Waals surface area contributed by atoms with Gasteiger partial charge < -0.3 is 4.90 Å². The van der Waals surface area contributed by atoms with Gasteiger partial charge in [0.2, 0.25) is 15.9 Å². The molecule has 3 rings (SSSR count). The molecule has 0 saturated carbocycles. The molecule has 25 heavy (non-hydrogen) atoms. The molecule has 2 aliphatic heterocycles. The van der Waals surface area contributed by atoms with E-state index >= 15 is 0 Å². The zero-order chi connectivity index (χ0) is 18.1. The summed E-state index contributed by atoms with van der Waals surface area (Å²) < 4.78 is 25.9. The van der Waals surface area contributed by atoms with Gasteiger partial charge in [0.25, 0.3) is 0 Å². The number of carbonyl (C=O) groups excluding carboxylic acids is 1. The van der Waals surface area contributed by atoms with Crippen LogP contribution in [-0.4, -0.2) is 55.5 Å². The highest BCUT2D eigenvalue weighted by Gasteiger charge is 2.46. The first kappa shape index (κ1) is 18.4. The standard InChI is InChI=1S/C19H28N2O3S/c1-3-20-15-19(10-12-21(13-11-19)25(23,24)4-2)14-17(18(20)22)16-8-6-5-7-9-16/h5-9,17H,3-4,10-15H2,1-2H3. The molecule has 1 amide bonds. The second kappa shape index (κ2) is 7.08. The van der Waals surface area contributed by atoms with Crippen molar-refractivity contribution in [1.29, 1.82) is 0 Å². The van der Waals surface area contributed by atoms with Crippen LogP contribution in [0.1, 0.15) is 44.6 Å². The van der Waals surface area contributed by atoms with Crippen molar-refractivity contribution in [3.05, 3.63) is 35.9 Å². The van der Waals surface area contributed by atoms with Crippen LogP contribution in [0.25, 0.3) is 0 Å². The van der Waals surface area contributed by atoms with Crippen molar-refractivity contribution in [2.24, 2.45) is 5.41 Å². The fraction of sp³-hybridized carbons (Fsp3) is 0.632. The number of carbonyl (C=O) groups is 1. The summed E-state index contributed by atoms with van der Waals surface area (Å²) in [6, 6.07) is 10.0. The molecule has 0 aromatic heterocycles. The predicted molar refractivity (Wildman–Crippen MR) is 98.8 cm³/mol. The number of likely N-dealkylation sites (tertiary alicyclic amines) is 1. The van der Waals surface area contributed by atoms with E-state index in [-0.39, 0.29) is 23.0 Å². The maximum Gasteiger partial charge on any atom is 0.230 e. The average molecular weight is 365 g/mol. The number of hydrogen-bond acceptors (Lipinski definition) is 3. The molecule has 0 N–H and O–H groups in total. The fourth-order valence-electron chi connectivity index (χ4n) is 4.28. The Balaban J connectivity index is 1.82. The second-order valence-electron chi connectivity index (χ2n) is 7.32. The number of rotatable bonds is 4. The van der Waals surface area contributed by atoms with E-state index in [1.807, 2.05) is 42.2 Å². The molecule has 0 bridgehead atoms. The molecule has 0 radical (unpaired) electrons. The van der Waals surface area contributed by atoms with E-state index < -0.39 is 10.0 Å². The van der Waals surface area contributed by atoms with Gasteiger partial charge in [-0.2, -0.15) is 0 Å². The van der Waals surface area contributed by atoms with E-state index in [0.29, 0.717) is 19.6 Å². The van der Waals surface area contributed by atoms with Crippen molar-refractivity contribution < 1.29 is 13.2 Å². The van der Waals surface area contributed by atoms with Gasteiger partial charge >= 0.3 is 0 Å². The lowest BCUT2D eigenvalue weighted by Gasteiger charge is -2.49. The predicted octanol–water partition coefficient (Wildman–Crippen LogP) is 2.45. The Labute approximate surface area is 151 Å². The van der Waals surface area contributed by atoms with Gasteiger partial charge in [0.15, 0.2) is 0 Å². The summed E-state index contributed by atoms with van der Waals surface area (Å²) in [4.78, 5) is 14.8. The third-order valence-corrected chi connectivity index (χ3v) is 7.78. The van der Waals surface area contributed by atoms with E-state index in [0.717, 1.165) is 31.4 Å².